The van der Waals surface area contributed by atoms with Gasteiger partial charge in [-0.3, -0.25) is 4.18 Å². The van der Waals surface area contributed by atoms with E-state index in [1.54, 1.807) is 0 Å². The molecular formula is C5H7F5O4S. The number of halogens is 5. The van der Waals surface area contributed by atoms with Crippen LogP contribution < -0.4 is 0 Å². The molecule has 0 heterocycles. The minimum Gasteiger partial charge on any atom is -0.373 e. The fourth-order valence-electron chi connectivity index (χ4n) is 0.442. The molecule has 0 fully saturated rings. The van der Waals surface area contributed by atoms with E-state index in [0.717, 1.165) is 0 Å². The van der Waals surface area contributed by atoms with Gasteiger partial charge in [-0.05, 0) is 0 Å². The second-order valence-electron chi connectivity index (χ2n) is 2.19. The van der Waals surface area contributed by atoms with E-state index in [9.17, 15) is 30.4 Å². The Bertz CT molecular complexity index is 272. The third kappa shape index (κ3) is 5.85. The molecule has 0 aliphatic heterocycles. The minimum absolute atomic E-state index is 0.667. The van der Waals surface area contributed by atoms with E-state index >= 15 is 0 Å². The summed E-state index contributed by atoms with van der Waals surface area (Å²) in [5, 5.41) is 0. The molecule has 15 heavy (non-hydrogen) atoms. The van der Waals surface area contributed by atoms with Crippen LogP contribution in [0.4, 0.5) is 22.0 Å². The first-order chi connectivity index (χ1) is 6.67. The molecule has 0 aliphatic carbocycles. The summed E-state index contributed by atoms with van der Waals surface area (Å²) in [6, 6.07) is 0. The van der Waals surface area contributed by atoms with Gasteiger partial charge >= 0.3 is 15.6 Å². The zero-order valence-corrected chi connectivity index (χ0v) is 7.95. The molecule has 0 saturated heterocycles. The Balaban J connectivity index is 3.78. The standard InChI is InChI=1S/C5H7F5O4S/c6-4(7)3-13-1-2-14-15(11,12)5(8,9)10/h4H,1-3H2. The van der Waals surface area contributed by atoms with Crippen molar-refractivity contribution in [3.63, 3.8) is 0 Å². The number of ether oxygens (including phenoxy) is 1. The van der Waals surface area contributed by atoms with E-state index in [1.807, 2.05) is 0 Å². The molecule has 0 aliphatic rings. The maximum absolute atomic E-state index is 11.6. The van der Waals surface area contributed by atoms with Gasteiger partial charge in [-0.1, -0.05) is 0 Å². The van der Waals surface area contributed by atoms with Crippen LogP contribution in [0.2, 0.25) is 0 Å². The largest absolute Gasteiger partial charge is 0.523 e. The molecule has 0 saturated carbocycles. The normalized spacial score (nSPS) is 13.5. The molecule has 0 aromatic heterocycles. The van der Waals surface area contributed by atoms with Gasteiger partial charge < -0.3 is 4.74 Å². The maximum Gasteiger partial charge on any atom is 0.523 e. The number of hydrogen-bond acceptors (Lipinski definition) is 4. The lowest BCUT2D eigenvalue weighted by Gasteiger charge is -2.08. The van der Waals surface area contributed by atoms with E-state index in [2.05, 4.69) is 8.92 Å². The van der Waals surface area contributed by atoms with Crippen LogP contribution in [0.15, 0.2) is 0 Å². The van der Waals surface area contributed by atoms with E-state index in [4.69, 9.17) is 0 Å². The third-order valence-corrected chi connectivity index (χ3v) is 2.04. The lowest BCUT2D eigenvalue weighted by Crippen LogP contribution is -2.27. The van der Waals surface area contributed by atoms with Crippen LogP contribution in [0.1, 0.15) is 0 Å². The Labute approximate surface area is 82.1 Å². The molecule has 0 unspecified atom stereocenters. The smallest absolute Gasteiger partial charge is 0.373 e. The molecule has 0 spiro atoms. The van der Waals surface area contributed by atoms with Crippen molar-refractivity contribution in [2.45, 2.75) is 11.9 Å². The Morgan fingerprint density at radius 1 is 1.13 bits per heavy atom. The van der Waals surface area contributed by atoms with Gasteiger partial charge in [0, 0.05) is 0 Å². The van der Waals surface area contributed by atoms with Crippen LogP contribution in [0.3, 0.4) is 0 Å². The predicted octanol–water partition coefficient (Wildman–Crippen LogP) is 1.13. The monoisotopic (exact) mass is 258 g/mol. The maximum atomic E-state index is 11.6. The van der Waals surface area contributed by atoms with Crippen LogP contribution in [0.5, 0.6) is 0 Å². The van der Waals surface area contributed by atoms with Gasteiger partial charge in [-0.25, -0.2) is 8.78 Å². The molecule has 92 valence electrons. The molecule has 0 atom stereocenters. The minimum atomic E-state index is -5.67. The number of hydrogen-bond donors (Lipinski definition) is 0. The summed E-state index contributed by atoms with van der Waals surface area (Å²) in [6.07, 6.45) is -2.77. The fourth-order valence-corrected chi connectivity index (χ4v) is 0.863. The number of rotatable bonds is 6. The first-order valence-electron chi connectivity index (χ1n) is 3.48. The molecule has 10 heteroatoms. The van der Waals surface area contributed by atoms with Crippen molar-refractivity contribution in [3.8, 4) is 0 Å². The van der Waals surface area contributed by atoms with Gasteiger partial charge in [0.1, 0.15) is 6.61 Å². The zero-order valence-electron chi connectivity index (χ0n) is 7.13. The Morgan fingerprint density at radius 3 is 2.07 bits per heavy atom. The van der Waals surface area contributed by atoms with Crippen LogP contribution in [0.25, 0.3) is 0 Å². The molecule has 4 nitrogen and oxygen atoms in total. The average molecular weight is 258 g/mol. The number of alkyl halides is 5. The summed E-state index contributed by atoms with van der Waals surface area (Å²) in [4.78, 5) is 0. The summed E-state index contributed by atoms with van der Waals surface area (Å²) >= 11 is 0. The molecule has 0 amide bonds. The van der Waals surface area contributed by atoms with Crippen molar-refractivity contribution < 1.29 is 39.3 Å². The van der Waals surface area contributed by atoms with E-state index in [1.165, 1.54) is 0 Å². The Kier molecular flexibility index (Phi) is 5.38. The SMILES string of the molecule is O=S(=O)(OCCOCC(F)F)C(F)(F)F. The first-order valence-corrected chi connectivity index (χ1v) is 4.89. The molecule has 0 radical (unpaired) electrons. The van der Waals surface area contributed by atoms with Crippen molar-refractivity contribution in [1.82, 2.24) is 0 Å². The molecule has 0 N–H and O–H groups in total. The van der Waals surface area contributed by atoms with Gasteiger partial charge in [0.15, 0.2) is 0 Å². The van der Waals surface area contributed by atoms with Gasteiger partial charge in [0.25, 0.3) is 6.43 Å². The zero-order chi connectivity index (χ0) is 12.1. The Hall–Kier alpha value is -0.480. The summed E-state index contributed by atoms with van der Waals surface area (Å²) in [6.45, 7) is -2.62. The second kappa shape index (κ2) is 5.56. The van der Waals surface area contributed by atoms with E-state index in [-0.39, 0.29) is 0 Å². The Morgan fingerprint density at radius 2 is 1.67 bits per heavy atom. The highest BCUT2D eigenvalue weighted by atomic mass is 32.2. The molecule has 0 aromatic rings. The van der Waals surface area contributed by atoms with Gasteiger partial charge in [0.05, 0.1) is 13.2 Å². The van der Waals surface area contributed by atoms with Gasteiger partial charge in [0.2, 0.25) is 0 Å². The average Bonchev–Trinajstić information content (AvgIpc) is 2.00. The summed E-state index contributed by atoms with van der Waals surface area (Å²) in [5.41, 5.74) is -5.52. The van der Waals surface area contributed by atoms with Crippen molar-refractivity contribution in [2.75, 3.05) is 19.8 Å². The molecule has 0 aromatic carbocycles. The summed E-state index contributed by atoms with van der Waals surface area (Å²) < 4.78 is 85.6. The summed E-state index contributed by atoms with van der Waals surface area (Å²) in [5.74, 6) is 0. The quantitative estimate of drug-likeness (QED) is 0.310. The van der Waals surface area contributed by atoms with Crippen LogP contribution in [-0.4, -0.2) is 40.2 Å². The fraction of sp³-hybridized carbons (Fsp3) is 1.00. The summed E-state index contributed by atoms with van der Waals surface area (Å²) in [7, 11) is -5.67. The lowest BCUT2D eigenvalue weighted by molar-refractivity contribution is -0.0567. The first kappa shape index (κ1) is 14.5. The van der Waals surface area contributed by atoms with Crippen molar-refractivity contribution >= 4 is 10.1 Å². The van der Waals surface area contributed by atoms with Crippen LogP contribution >= 0.6 is 0 Å². The second-order valence-corrected chi connectivity index (χ2v) is 3.79. The van der Waals surface area contributed by atoms with Crippen molar-refractivity contribution in [3.05, 3.63) is 0 Å². The van der Waals surface area contributed by atoms with Gasteiger partial charge in [-0.15, -0.1) is 0 Å². The van der Waals surface area contributed by atoms with Crippen molar-refractivity contribution in [1.29, 1.82) is 0 Å². The molecule has 0 bridgehead atoms. The van der Waals surface area contributed by atoms with E-state index < -0.39 is 41.9 Å². The molecular weight excluding hydrogens is 251 g/mol. The predicted molar refractivity (Wildman–Crippen MR) is 37.7 cm³/mol. The van der Waals surface area contributed by atoms with Crippen LogP contribution in [-0.2, 0) is 19.0 Å². The highest BCUT2D eigenvalue weighted by Gasteiger charge is 2.47. The molecule has 0 rings (SSSR count). The third-order valence-electron chi connectivity index (χ3n) is 0.993. The highest BCUT2D eigenvalue weighted by Crippen LogP contribution is 2.24. The lowest BCUT2D eigenvalue weighted by atomic mass is 10.7. The van der Waals surface area contributed by atoms with E-state index in [0.29, 0.717) is 0 Å². The van der Waals surface area contributed by atoms with Crippen molar-refractivity contribution in [2.24, 2.45) is 0 Å². The topological polar surface area (TPSA) is 52.6 Å². The van der Waals surface area contributed by atoms with Crippen LogP contribution in [0, 0.1) is 0 Å². The van der Waals surface area contributed by atoms with Gasteiger partial charge in [-0.2, -0.15) is 21.6 Å². The highest BCUT2D eigenvalue weighted by molar-refractivity contribution is 7.87.